The Labute approximate surface area is 210 Å². The number of fused-ring (bicyclic) bond motifs is 2. The molecular weight excluding hydrogens is 462 g/mol. The number of hydrogen-bond donors (Lipinski definition) is 0. The van der Waals surface area contributed by atoms with E-state index in [2.05, 4.69) is 17.0 Å². The van der Waals surface area contributed by atoms with Crippen LogP contribution >= 0.6 is 0 Å². The van der Waals surface area contributed by atoms with Gasteiger partial charge in [-0.2, -0.15) is 0 Å². The summed E-state index contributed by atoms with van der Waals surface area (Å²) < 4.78 is 18.4. The number of morpholine rings is 1. The van der Waals surface area contributed by atoms with Crippen LogP contribution in [0.15, 0.2) is 35.1 Å². The summed E-state index contributed by atoms with van der Waals surface area (Å²) >= 11 is 0. The number of pyridine rings is 1. The Kier molecular flexibility index (Phi) is 7.11. The van der Waals surface area contributed by atoms with Crippen LogP contribution in [-0.2, 0) is 40.1 Å². The van der Waals surface area contributed by atoms with Crippen molar-refractivity contribution in [2.45, 2.75) is 44.9 Å². The molecule has 0 spiro atoms. The molecule has 9 nitrogen and oxygen atoms in total. The van der Waals surface area contributed by atoms with Gasteiger partial charge >= 0.3 is 5.97 Å². The van der Waals surface area contributed by atoms with Gasteiger partial charge in [0.25, 0.3) is 5.56 Å². The highest BCUT2D eigenvalue weighted by atomic mass is 16.5. The number of carbonyl (C=O) groups is 2. The molecule has 3 heterocycles. The van der Waals surface area contributed by atoms with E-state index >= 15 is 0 Å². The first-order valence-corrected chi connectivity index (χ1v) is 12.6. The van der Waals surface area contributed by atoms with Gasteiger partial charge in [-0.3, -0.25) is 14.5 Å². The Morgan fingerprint density at radius 1 is 1.03 bits per heavy atom. The van der Waals surface area contributed by atoms with Crippen molar-refractivity contribution in [1.82, 2.24) is 14.4 Å². The lowest BCUT2D eigenvalue weighted by Crippen LogP contribution is -2.51. The van der Waals surface area contributed by atoms with E-state index in [9.17, 15) is 14.4 Å². The summed E-state index contributed by atoms with van der Waals surface area (Å²) in [5.41, 5.74) is 3.05. The summed E-state index contributed by atoms with van der Waals surface area (Å²) in [7, 11) is 1.33. The molecule has 0 saturated carbocycles. The van der Waals surface area contributed by atoms with E-state index in [0.717, 1.165) is 25.9 Å². The molecule has 2 aromatic rings. The third-order valence-electron chi connectivity index (χ3n) is 7.55. The number of aromatic nitrogens is 1. The second kappa shape index (κ2) is 10.4. The van der Waals surface area contributed by atoms with Crippen LogP contribution in [0.5, 0.6) is 5.75 Å². The van der Waals surface area contributed by atoms with Crippen LogP contribution in [0.4, 0.5) is 0 Å². The molecule has 0 radical (unpaired) electrons. The fraction of sp³-hybridized carbons (Fsp3) is 0.519. The van der Waals surface area contributed by atoms with Crippen LogP contribution in [0.25, 0.3) is 0 Å². The summed E-state index contributed by atoms with van der Waals surface area (Å²) in [6.45, 7) is 5.73. The molecule has 1 fully saturated rings. The van der Waals surface area contributed by atoms with E-state index in [-0.39, 0.29) is 34.9 Å². The number of carbonyl (C=O) groups excluding carboxylic acids is 2. The lowest BCUT2D eigenvalue weighted by molar-refractivity contribution is -0.138. The molecular formula is C27H33N3O6. The van der Waals surface area contributed by atoms with Gasteiger partial charge in [0, 0.05) is 63.7 Å². The summed E-state index contributed by atoms with van der Waals surface area (Å²) in [6, 6.07) is 9.29. The van der Waals surface area contributed by atoms with Gasteiger partial charge in [-0.05, 0) is 18.1 Å². The molecule has 2 aliphatic heterocycles. The normalized spacial score (nSPS) is 19.2. The van der Waals surface area contributed by atoms with Crippen molar-refractivity contribution in [3.05, 3.63) is 63.1 Å². The summed E-state index contributed by atoms with van der Waals surface area (Å²) in [6.07, 6.45) is 1.64. The molecule has 36 heavy (non-hydrogen) atoms. The van der Waals surface area contributed by atoms with Crippen LogP contribution < -0.4 is 10.3 Å². The molecule has 3 aliphatic rings. The molecule has 1 amide bonds. The molecule has 1 aromatic heterocycles. The van der Waals surface area contributed by atoms with Crippen molar-refractivity contribution >= 4 is 11.9 Å². The van der Waals surface area contributed by atoms with Gasteiger partial charge in [-0.1, -0.05) is 24.3 Å². The van der Waals surface area contributed by atoms with E-state index in [1.54, 1.807) is 9.47 Å². The minimum Gasteiger partial charge on any atom is -0.489 e. The third-order valence-corrected chi connectivity index (χ3v) is 7.55. The van der Waals surface area contributed by atoms with Crippen LogP contribution in [0.2, 0.25) is 0 Å². The van der Waals surface area contributed by atoms with Crippen molar-refractivity contribution in [2.24, 2.45) is 0 Å². The molecule has 1 aliphatic carbocycles. The van der Waals surface area contributed by atoms with Crippen molar-refractivity contribution < 1.29 is 23.8 Å². The van der Waals surface area contributed by atoms with Gasteiger partial charge in [0.1, 0.15) is 17.4 Å². The average molecular weight is 496 g/mol. The number of methoxy groups -OCH3 is 1. The minimum absolute atomic E-state index is 0.0255. The Morgan fingerprint density at radius 2 is 1.72 bits per heavy atom. The molecule has 5 rings (SSSR count). The number of nitrogens with zero attached hydrogens (tertiary/aromatic N) is 3. The van der Waals surface area contributed by atoms with Crippen LogP contribution in [0.3, 0.4) is 0 Å². The van der Waals surface area contributed by atoms with Crippen molar-refractivity contribution in [3.63, 3.8) is 0 Å². The molecule has 1 unspecified atom stereocenters. The number of ether oxygens (including phenoxy) is 3. The topological polar surface area (TPSA) is 90.3 Å². The zero-order valence-electron chi connectivity index (χ0n) is 20.9. The second-order valence-corrected chi connectivity index (χ2v) is 9.63. The lowest BCUT2D eigenvalue weighted by atomic mass is 10.1. The predicted octanol–water partition coefficient (Wildman–Crippen LogP) is 1.29. The fourth-order valence-electron chi connectivity index (χ4n) is 5.55. The largest absolute Gasteiger partial charge is 0.489 e. The number of rotatable bonds is 5. The summed E-state index contributed by atoms with van der Waals surface area (Å²) in [5.74, 6) is -0.249. The van der Waals surface area contributed by atoms with Gasteiger partial charge in [-0.25, -0.2) is 4.79 Å². The predicted molar refractivity (Wildman–Crippen MR) is 132 cm³/mol. The monoisotopic (exact) mass is 495 g/mol. The fourth-order valence-corrected chi connectivity index (χ4v) is 5.55. The summed E-state index contributed by atoms with van der Waals surface area (Å²) in [4.78, 5) is 43.3. The standard InChI is InChI=1S/C27H33N3O6/c1-18(28-11-13-35-14-12-28)26(32)29-8-7-22-25(27(33)34-2)23(17-24(31)30(22)10-9-29)36-21-15-19-5-3-4-6-20(19)16-21/h3-6,17-18,21H,7-16H2,1-2H3. The Balaban J connectivity index is 1.38. The number of esters is 1. The molecule has 1 saturated heterocycles. The highest BCUT2D eigenvalue weighted by Gasteiger charge is 2.32. The molecule has 1 atom stereocenters. The smallest absolute Gasteiger partial charge is 0.343 e. The molecule has 9 heteroatoms. The maximum atomic E-state index is 13.3. The van der Waals surface area contributed by atoms with Gasteiger partial charge in [0.15, 0.2) is 0 Å². The van der Waals surface area contributed by atoms with E-state index in [1.165, 1.54) is 24.3 Å². The SMILES string of the molecule is COC(=O)c1c(OC2Cc3ccccc3C2)cc(=O)n2c1CCN(C(=O)C(C)N1CCOCC1)CC2. The molecule has 0 N–H and O–H groups in total. The molecule has 1 aromatic carbocycles. The van der Waals surface area contributed by atoms with Gasteiger partial charge in [-0.15, -0.1) is 0 Å². The highest BCUT2D eigenvalue weighted by Crippen LogP contribution is 2.30. The minimum atomic E-state index is -0.536. The maximum Gasteiger partial charge on any atom is 0.343 e. The highest BCUT2D eigenvalue weighted by molar-refractivity contribution is 5.93. The van der Waals surface area contributed by atoms with E-state index in [1.807, 2.05) is 19.1 Å². The van der Waals surface area contributed by atoms with E-state index < -0.39 is 5.97 Å². The zero-order chi connectivity index (χ0) is 25.2. The Bertz CT molecular complexity index is 1180. The Hall–Kier alpha value is -3.17. The van der Waals surface area contributed by atoms with Gasteiger partial charge in [0.05, 0.1) is 26.4 Å². The van der Waals surface area contributed by atoms with Crippen molar-refractivity contribution in [2.75, 3.05) is 46.5 Å². The third kappa shape index (κ3) is 4.77. The van der Waals surface area contributed by atoms with Crippen molar-refractivity contribution in [1.29, 1.82) is 0 Å². The van der Waals surface area contributed by atoms with Crippen LogP contribution in [0.1, 0.15) is 34.1 Å². The maximum absolute atomic E-state index is 13.3. The first-order chi connectivity index (χ1) is 17.5. The van der Waals surface area contributed by atoms with Gasteiger partial charge in [0.2, 0.25) is 5.91 Å². The van der Waals surface area contributed by atoms with Crippen LogP contribution in [-0.4, -0.2) is 84.9 Å². The number of benzene rings is 1. The molecule has 192 valence electrons. The quantitative estimate of drug-likeness (QED) is 0.578. The lowest BCUT2D eigenvalue weighted by Gasteiger charge is -2.34. The van der Waals surface area contributed by atoms with Gasteiger partial charge < -0.3 is 23.7 Å². The molecule has 0 bridgehead atoms. The summed E-state index contributed by atoms with van der Waals surface area (Å²) in [5, 5.41) is 0. The number of amides is 1. The van der Waals surface area contributed by atoms with E-state index in [4.69, 9.17) is 14.2 Å². The van der Waals surface area contributed by atoms with Crippen molar-refractivity contribution in [3.8, 4) is 5.75 Å². The van der Waals surface area contributed by atoms with E-state index in [0.29, 0.717) is 45.0 Å². The average Bonchev–Trinajstić information content (AvgIpc) is 3.17. The van der Waals surface area contributed by atoms with Crippen LogP contribution in [0, 0.1) is 0 Å². The Morgan fingerprint density at radius 3 is 2.39 bits per heavy atom. The second-order valence-electron chi connectivity index (χ2n) is 9.63. The zero-order valence-corrected chi connectivity index (χ0v) is 20.9. The first-order valence-electron chi connectivity index (χ1n) is 12.6. The number of hydrogen-bond acceptors (Lipinski definition) is 7. The first kappa shape index (κ1) is 24.5.